The summed E-state index contributed by atoms with van der Waals surface area (Å²) >= 11 is 0. The van der Waals surface area contributed by atoms with Crippen LogP contribution in [0.2, 0.25) is 0 Å². The summed E-state index contributed by atoms with van der Waals surface area (Å²) in [5, 5.41) is 8.83. The fourth-order valence-electron chi connectivity index (χ4n) is 2.29. The van der Waals surface area contributed by atoms with Crippen molar-refractivity contribution in [2.45, 2.75) is 27.0 Å². The van der Waals surface area contributed by atoms with Gasteiger partial charge in [-0.1, -0.05) is 18.2 Å². The minimum Gasteiger partial charge on any atom is -0.488 e. The molecule has 0 aliphatic rings. The van der Waals surface area contributed by atoms with Gasteiger partial charge < -0.3 is 10.5 Å². The molecule has 0 fully saturated rings. The van der Waals surface area contributed by atoms with Gasteiger partial charge >= 0.3 is 0 Å². The van der Waals surface area contributed by atoms with Gasteiger partial charge in [0.1, 0.15) is 24.2 Å². The first-order valence-electron chi connectivity index (χ1n) is 6.66. The summed E-state index contributed by atoms with van der Waals surface area (Å²) in [5.41, 5.74) is 9.52. The Morgan fingerprint density at radius 1 is 1.14 bits per heavy atom. The molecule has 0 aliphatic carbocycles. The first kappa shape index (κ1) is 15.0. The molecule has 0 aromatic heterocycles. The molecule has 0 spiro atoms. The largest absolute Gasteiger partial charge is 0.488 e. The zero-order valence-electron chi connectivity index (χ0n) is 12.1. The van der Waals surface area contributed by atoms with E-state index in [4.69, 9.17) is 15.7 Å². The van der Waals surface area contributed by atoms with Crippen molar-refractivity contribution in [2.24, 2.45) is 5.73 Å². The summed E-state index contributed by atoms with van der Waals surface area (Å²) in [6.07, 6.45) is 0. The van der Waals surface area contributed by atoms with Crippen molar-refractivity contribution >= 4 is 0 Å². The van der Waals surface area contributed by atoms with Crippen LogP contribution in [0.3, 0.4) is 0 Å². The van der Waals surface area contributed by atoms with Crippen molar-refractivity contribution in [1.29, 1.82) is 5.26 Å². The number of halogens is 1. The van der Waals surface area contributed by atoms with Crippen molar-refractivity contribution in [3.8, 4) is 11.8 Å². The number of rotatable bonds is 4. The molecule has 21 heavy (non-hydrogen) atoms. The van der Waals surface area contributed by atoms with Crippen LogP contribution in [0, 0.1) is 31.0 Å². The molecule has 0 atom stereocenters. The van der Waals surface area contributed by atoms with E-state index in [9.17, 15) is 4.39 Å². The van der Waals surface area contributed by atoms with Gasteiger partial charge in [-0.05, 0) is 48.2 Å². The Labute approximate surface area is 123 Å². The van der Waals surface area contributed by atoms with Gasteiger partial charge in [0.2, 0.25) is 0 Å². The molecule has 0 saturated heterocycles. The number of aryl methyl sites for hydroxylation is 2. The fourth-order valence-corrected chi connectivity index (χ4v) is 2.29. The molecule has 0 heterocycles. The lowest BCUT2D eigenvalue weighted by atomic mass is 10.1. The second-order valence-corrected chi connectivity index (χ2v) is 4.98. The molecule has 0 bridgehead atoms. The van der Waals surface area contributed by atoms with E-state index in [2.05, 4.69) is 0 Å². The van der Waals surface area contributed by atoms with Crippen LogP contribution in [0.1, 0.15) is 27.8 Å². The van der Waals surface area contributed by atoms with Crippen molar-refractivity contribution in [3.05, 3.63) is 64.0 Å². The maximum atomic E-state index is 13.3. The Hall–Kier alpha value is -2.38. The summed E-state index contributed by atoms with van der Waals surface area (Å²) in [6.45, 7) is 4.71. The minimum absolute atomic E-state index is 0.0306. The van der Waals surface area contributed by atoms with Gasteiger partial charge in [-0.2, -0.15) is 5.26 Å². The van der Waals surface area contributed by atoms with E-state index in [0.717, 1.165) is 28.0 Å². The van der Waals surface area contributed by atoms with Gasteiger partial charge in [-0.15, -0.1) is 0 Å². The Balaban J connectivity index is 2.19. The molecule has 0 unspecified atom stereocenters. The maximum absolute atomic E-state index is 13.3. The number of nitriles is 1. The van der Waals surface area contributed by atoms with Gasteiger partial charge in [0, 0.05) is 6.54 Å². The summed E-state index contributed by atoms with van der Waals surface area (Å²) in [6, 6.07) is 10.2. The predicted molar refractivity (Wildman–Crippen MR) is 79.3 cm³/mol. The zero-order chi connectivity index (χ0) is 15.4. The summed E-state index contributed by atoms with van der Waals surface area (Å²) in [4.78, 5) is 0. The van der Waals surface area contributed by atoms with Gasteiger partial charge in [-0.25, -0.2) is 4.39 Å². The first-order valence-corrected chi connectivity index (χ1v) is 6.66. The molecule has 0 aliphatic heterocycles. The highest BCUT2D eigenvalue weighted by Crippen LogP contribution is 2.26. The Kier molecular flexibility index (Phi) is 4.56. The molecule has 4 heteroatoms. The number of nitrogens with two attached hydrogens (primary N) is 1. The van der Waals surface area contributed by atoms with E-state index in [0.29, 0.717) is 13.2 Å². The summed E-state index contributed by atoms with van der Waals surface area (Å²) < 4.78 is 19.1. The van der Waals surface area contributed by atoms with E-state index < -0.39 is 5.82 Å². The van der Waals surface area contributed by atoms with Crippen molar-refractivity contribution in [3.63, 3.8) is 0 Å². The van der Waals surface area contributed by atoms with Crippen LogP contribution in [0.25, 0.3) is 0 Å². The van der Waals surface area contributed by atoms with Crippen molar-refractivity contribution in [2.75, 3.05) is 0 Å². The second kappa shape index (κ2) is 6.38. The second-order valence-electron chi connectivity index (χ2n) is 4.98. The lowest BCUT2D eigenvalue weighted by molar-refractivity contribution is 0.301. The highest BCUT2D eigenvalue weighted by Gasteiger charge is 2.08. The van der Waals surface area contributed by atoms with Crippen LogP contribution < -0.4 is 10.5 Å². The number of hydrogen-bond acceptors (Lipinski definition) is 3. The van der Waals surface area contributed by atoms with Gasteiger partial charge in [0.15, 0.2) is 0 Å². The van der Waals surface area contributed by atoms with E-state index in [1.807, 2.05) is 32.0 Å². The van der Waals surface area contributed by atoms with Crippen LogP contribution in [0.4, 0.5) is 4.39 Å². The summed E-state index contributed by atoms with van der Waals surface area (Å²) in [7, 11) is 0. The molecule has 2 rings (SSSR count). The Morgan fingerprint density at radius 2 is 1.81 bits per heavy atom. The Morgan fingerprint density at radius 3 is 2.38 bits per heavy atom. The molecule has 3 nitrogen and oxygen atoms in total. The van der Waals surface area contributed by atoms with E-state index in [1.54, 1.807) is 6.07 Å². The van der Waals surface area contributed by atoms with Crippen LogP contribution in [0.5, 0.6) is 5.75 Å². The smallest absolute Gasteiger partial charge is 0.140 e. The van der Waals surface area contributed by atoms with E-state index in [-0.39, 0.29) is 5.56 Å². The van der Waals surface area contributed by atoms with E-state index >= 15 is 0 Å². The average molecular weight is 284 g/mol. The molecular weight excluding hydrogens is 267 g/mol. The van der Waals surface area contributed by atoms with Crippen LogP contribution in [0.15, 0.2) is 30.3 Å². The van der Waals surface area contributed by atoms with Gasteiger partial charge in [0.05, 0.1) is 5.56 Å². The van der Waals surface area contributed by atoms with Crippen LogP contribution >= 0.6 is 0 Å². The number of hydrogen-bond donors (Lipinski definition) is 1. The van der Waals surface area contributed by atoms with Crippen LogP contribution in [-0.4, -0.2) is 0 Å². The van der Waals surface area contributed by atoms with Gasteiger partial charge in [-0.3, -0.25) is 0 Å². The number of ether oxygens (including phenoxy) is 1. The highest BCUT2D eigenvalue weighted by molar-refractivity contribution is 5.43. The molecule has 2 aromatic rings. The normalized spacial score (nSPS) is 10.2. The lowest BCUT2D eigenvalue weighted by Gasteiger charge is -2.14. The molecule has 2 aromatic carbocycles. The zero-order valence-corrected chi connectivity index (χ0v) is 12.1. The molecular formula is C17H17FN2O. The molecule has 0 saturated carbocycles. The SMILES string of the molecule is Cc1cc(CN)cc(C)c1OCc1ccc(F)c(C#N)c1. The Bertz CT molecular complexity index is 681. The molecule has 108 valence electrons. The minimum atomic E-state index is -0.513. The molecule has 0 amide bonds. The fraction of sp³-hybridized carbons (Fsp3) is 0.235. The number of nitrogens with zero attached hydrogens (tertiary/aromatic N) is 1. The third-order valence-electron chi connectivity index (χ3n) is 3.29. The average Bonchev–Trinajstić information content (AvgIpc) is 2.47. The van der Waals surface area contributed by atoms with Gasteiger partial charge in [0.25, 0.3) is 0 Å². The third-order valence-corrected chi connectivity index (χ3v) is 3.29. The van der Waals surface area contributed by atoms with Crippen molar-refractivity contribution < 1.29 is 9.13 Å². The van der Waals surface area contributed by atoms with Crippen molar-refractivity contribution in [1.82, 2.24) is 0 Å². The lowest BCUT2D eigenvalue weighted by Crippen LogP contribution is -2.03. The standard InChI is InChI=1S/C17H17FN2O/c1-11-5-14(8-19)6-12(2)17(11)21-10-13-3-4-16(18)15(7-13)9-20/h3-7H,8,10,19H2,1-2H3. The third kappa shape index (κ3) is 3.39. The topological polar surface area (TPSA) is 59.0 Å². The predicted octanol–water partition coefficient (Wildman–Crippen LogP) is 3.35. The van der Waals surface area contributed by atoms with E-state index in [1.165, 1.54) is 12.1 Å². The first-order chi connectivity index (χ1) is 10.0. The van der Waals surface area contributed by atoms with Crippen LogP contribution in [-0.2, 0) is 13.2 Å². The monoisotopic (exact) mass is 284 g/mol. The maximum Gasteiger partial charge on any atom is 0.140 e. The summed E-state index contributed by atoms with van der Waals surface area (Å²) in [5.74, 6) is 0.288. The number of benzene rings is 2. The molecule has 2 N–H and O–H groups in total. The molecule has 0 radical (unpaired) electrons. The highest BCUT2D eigenvalue weighted by atomic mass is 19.1. The quantitative estimate of drug-likeness (QED) is 0.936.